The van der Waals surface area contributed by atoms with Crippen molar-refractivity contribution in [1.82, 2.24) is 20.3 Å². The second kappa shape index (κ2) is 8.02. The summed E-state index contributed by atoms with van der Waals surface area (Å²) in [5, 5.41) is 2.90. The standard InChI is InChI=1S/C18H23N5O2/c1-13(2)15-10-16(17(24)20-12-14-4-3-5-19-11-14)22-18(21-15)23-6-8-25-9-7-23/h3-5,10-11,13H,6-9,12H2,1-2H3,(H,20,24). The van der Waals surface area contributed by atoms with E-state index in [1.54, 1.807) is 18.5 Å². The van der Waals surface area contributed by atoms with Crippen molar-refractivity contribution in [3.63, 3.8) is 0 Å². The zero-order valence-corrected chi connectivity index (χ0v) is 14.6. The number of anilines is 1. The minimum atomic E-state index is -0.206. The maximum Gasteiger partial charge on any atom is 0.270 e. The highest BCUT2D eigenvalue weighted by molar-refractivity contribution is 5.92. The van der Waals surface area contributed by atoms with Crippen molar-refractivity contribution in [2.75, 3.05) is 31.2 Å². The molecule has 0 unspecified atom stereocenters. The predicted octanol–water partition coefficient (Wildman–Crippen LogP) is 1.76. The summed E-state index contributed by atoms with van der Waals surface area (Å²) in [6.07, 6.45) is 3.44. The average molecular weight is 341 g/mol. The second-order valence-corrected chi connectivity index (χ2v) is 6.28. The maximum absolute atomic E-state index is 12.6. The van der Waals surface area contributed by atoms with Crippen LogP contribution in [0.25, 0.3) is 0 Å². The maximum atomic E-state index is 12.6. The van der Waals surface area contributed by atoms with Crippen LogP contribution in [-0.2, 0) is 11.3 Å². The van der Waals surface area contributed by atoms with E-state index >= 15 is 0 Å². The Bertz CT molecular complexity index is 715. The number of carbonyl (C=O) groups is 1. The molecule has 3 rings (SSSR count). The highest BCUT2D eigenvalue weighted by Gasteiger charge is 2.19. The normalized spacial score (nSPS) is 14.6. The minimum absolute atomic E-state index is 0.206. The lowest BCUT2D eigenvalue weighted by Crippen LogP contribution is -2.38. The van der Waals surface area contributed by atoms with Crippen LogP contribution in [-0.4, -0.2) is 47.2 Å². The van der Waals surface area contributed by atoms with Crippen LogP contribution in [0.15, 0.2) is 30.6 Å². The molecule has 0 radical (unpaired) electrons. The highest BCUT2D eigenvalue weighted by Crippen LogP contribution is 2.18. The van der Waals surface area contributed by atoms with Crippen molar-refractivity contribution in [2.45, 2.75) is 26.3 Å². The third-order valence-corrected chi connectivity index (χ3v) is 4.03. The van der Waals surface area contributed by atoms with Crippen LogP contribution >= 0.6 is 0 Å². The van der Waals surface area contributed by atoms with E-state index in [0.29, 0.717) is 31.4 Å². The Morgan fingerprint density at radius 2 is 2.12 bits per heavy atom. The minimum Gasteiger partial charge on any atom is -0.378 e. The fraction of sp³-hybridized carbons (Fsp3) is 0.444. The van der Waals surface area contributed by atoms with Crippen LogP contribution in [0, 0.1) is 0 Å². The van der Waals surface area contributed by atoms with Gasteiger partial charge >= 0.3 is 0 Å². The fourth-order valence-corrected chi connectivity index (χ4v) is 2.55. The first-order valence-electron chi connectivity index (χ1n) is 8.52. The van der Waals surface area contributed by atoms with Crippen molar-refractivity contribution < 1.29 is 9.53 Å². The molecule has 1 amide bonds. The number of amides is 1. The largest absolute Gasteiger partial charge is 0.378 e. The lowest BCUT2D eigenvalue weighted by atomic mass is 10.1. The summed E-state index contributed by atoms with van der Waals surface area (Å²) in [7, 11) is 0. The number of carbonyl (C=O) groups excluding carboxylic acids is 1. The van der Waals surface area contributed by atoms with E-state index in [-0.39, 0.29) is 11.8 Å². The van der Waals surface area contributed by atoms with Crippen molar-refractivity contribution in [3.05, 3.63) is 47.5 Å². The Balaban J connectivity index is 1.78. The summed E-state index contributed by atoms with van der Waals surface area (Å²) in [4.78, 5) is 27.8. The molecule has 7 nitrogen and oxygen atoms in total. The van der Waals surface area contributed by atoms with E-state index < -0.39 is 0 Å². The van der Waals surface area contributed by atoms with E-state index in [9.17, 15) is 4.79 Å². The third-order valence-electron chi connectivity index (χ3n) is 4.03. The Kier molecular flexibility index (Phi) is 5.55. The molecule has 7 heteroatoms. The molecule has 1 saturated heterocycles. The van der Waals surface area contributed by atoms with Gasteiger partial charge in [0.15, 0.2) is 0 Å². The molecule has 1 fully saturated rings. The smallest absolute Gasteiger partial charge is 0.270 e. The van der Waals surface area contributed by atoms with Gasteiger partial charge in [0.1, 0.15) is 5.69 Å². The fourth-order valence-electron chi connectivity index (χ4n) is 2.55. The van der Waals surface area contributed by atoms with E-state index in [2.05, 4.69) is 39.0 Å². The van der Waals surface area contributed by atoms with Gasteiger partial charge in [-0.15, -0.1) is 0 Å². The third kappa shape index (κ3) is 4.51. The lowest BCUT2D eigenvalue weighted by Gasteiger charge is -2.27. The summed E-state index contributed by atoms with van der Waals surface area (Å²) < 4.78 is 5.38. The van der Waals surface area contributed by atoms with Gasteiger partial charge in [-0.05, 0) is 23.6 Å². The summed E-state index contributed by atoms with van der Waals surface area (Å²) in [5.74, 6) is 0.608. The Hall–Kier alpha value is -2.54. The van der Waals surface area contributed by atoms with Gasteiger partial charge in [0.25, 0.3) is 5.91 Å². The van der Waals surface area contributed by atoms with E-state index in [0.717, 1.165) is 24.3 Å². The molecule has 2 aromatic rings. The Morgan fingerprint density at radius 1 is 1.32 bits per heavy atom. The topological polar surface area (TPSA) is 80.2 Å². The molecular formula is C18H23N5O2. The number of aromatic nitrogens is 3. The molecule has 132 valence electrons. The number of hydrogen-bond acceptors (Lipinski definition) is 6. The van der Waals surface area contributed by atoms with Gasteiger partial charge in [0.05, 0.1) is 13.2 Å². The van der Waals surface area contributed by atoms with Gasteiger partial charge in [0, 0.05) is 37.7 Å². The molecule has 0 atom stereocenters. The van der Waals surface area contributed by atoms with Gasteiger partial charge in [-0.2, -0.15) is 0 Å². The first kappa shape index (κ1) is 17.3. The lowest BCUT2D eigenvalue weighted by molar-refractivity contribution is 0.0945. The van der Waals surface area contributed by atoms with Crippen molar-refractivity contribution >= 4 is 11.9 Å². The molecule has 2 aromatic heterocycles. The molecule has 1 aliphatic heterocycles. The van der Waals surface area contributed by atoms with E-state index in [4.69, 9.17) is 4.74 Å². The van der Waals surface area contributed by atoms with Crippen LogP contribution in [0.3, 0.4) is 0 Å². The Labute approximate surface area is 147 Å². The van der Waals surface area contributed by atoms with Crippen molar-refractivity contribution in [2.24, 2.45) is 0 Å². The highest BCUT2D eigenvalue weighted by atomic mass is 16.5. The number of hydrogen-bond donors (Lipinski definition) is 1. The monoisotopic (exact) mass is 341 g/mol. The Morgan fingerprint density at radius 3 is 2.80 bits per heavy atom. The number of pyridine rings is 1. The average Bonchev–Trinajstić information content (AvgIpc) is 2.67. The molecule has 0 aromatic carbocycles. The molecule has 0 spiro atoms. The molecule has 1 N–H and O–H groups in total. The SMILES string of the molecule is CC(C)c1cc(C(=O)NCc2cccnc2)nc(N2CCOCC2)n1. The van der Waals surface area contributed by atoms with Gasteiger partial charge < -0.3 is 15.0 Å². The molecule has 0 saturated carbocycles. The van der Waals surface area contributed by atoms with Crippen LogP contribution in [0.2, 0.25) is 0 Å². The van der Waals surface area contributed by atoms with Gasteiger partial charge in [0.2, 0.25) is 5.95 Å². The number of morpholine rings is 1. The van der Waals surface area contributed by atoms with E-state index in [1.165, 1.54) is 0 Å². The summed E-state index contributed by atoms with van der Waals surface area (Å²) in [6, 6.07) is 5.54. The molecule has 25 heavy (non-hydrogen) atoms. The number of nitrogens with zero attached hydrogens (tertiary/aromatic N) is 4. The van der Waals surface area contributed by atoms with Gasteiger partial charge in [-0.1, -0.05) is 19.9 Å². The first-order chi connectivity index (χ1) is 12.1. The van der Waals surface area contributed by atoms with Crippen molar-refractivity contribution in [1.29, 1.82) is 0 Å². The summed E-state index contributed by atoms with van der Waals surface area (Å²) >= 11 is 0. The predicted molar refractivity (Wildman–Crippen MR) is 94.6 cm³/mol. The molecular weight excluding hydrogens is 318 g/mol. The number of rotatable bonds is 5. The number of nitrogens with one attached hydrogen (secondary N) is 1. The first-order valence-corrected chi connectivity index (χ1v) is 8.52. The summed E-state index contributed by atoms with van der Waals surface area (Å²) in [6.45, 7) is 7.30. The van der Waals surface area contributed by atoms with Gasteiger partial charge in [-0.25, -0.2) is 9.97 Å². The van der Waals surface area contributed by atoms with Crippen LogP contribution in [0.5, 0.6) is 0 Å². The quantitative estimate of drug-likeness (QED) is 0.893. The van der Waals surface area contributed by atoms with Crippen LogP contribution in [0.4, 0.5) is 5.95 Å². The van der Waals surface area contributed by atoms with E-state index in [1.807, 2.05) is 12.1 Å². The molecule has 0 bridgehead atoms. The molecule has 3 heterocycles. The zero-order valence-electron chi connectivity index (χ0n) is 14.6. The van der Waals surface area contributed by atoms with Crippen molar-refractivity contribution in [3.8, 4) is 0 Å². The van der Waals surface area contributed by atoms with Crippen LogP contribution < -0.4 is 10.2 Å². The summed E-state index contributed by atoms with van der Waals surface area (Å²) in [5.41, 5.74) is 2.20. The zero-order chi connectivity index (χ0) is 17.6. The van der Waals surface area contributed by atoms with Gasteiger partial charge in [-0.3, -0.25) is 9.78 Å². The molecule has 1 aliphatic rings. The molecule has 0 aliphatic carbocycles. The second-order valence-electron chi connectivity index (χ2n) is 6.28. The number of ether oxygens (including phenoxy) is 1. The van der Waals surface area contributed by atoms with Crippen LogP contribution in [0.1, 0.15) is 41.5 Å².